The van der Waals surface area contributed by atoms with Crippen LogP contribution in [-0.2, 0) is 12.7 Å². The van der Waals surface area contributed by atoms with Crippen LogP contribution in [0.4, 0.5) is 22.0 Å². The van der Waals surface area contributed by atoms with Crippen LogP contribution >= 0.6 is 0 Å². The lowest BCUT2D eigenvalue weighted by Gasteiger charge is -2.36. The molecule has 1 saturated carbocycles. The number of aromatic nitrogens is 2. The Hall–Kier alpha value is -3.92. The minimum absolute atomic E-state index is 0.000307. The van der Waals surface area contributed by atoms with E-state index in [1.165, 1.54) is 23.9 Å². The summed E-state index contributed by atoms with van der Waals surface area (Å²) >= 11 is 0. The molecule has 1 saturated heterocycles. The van der Waals surface area contributed by atoms with Crippen molar-refractivity contribution in [3.63, 3.8) is 0 Å². The lowest BCUT2D eigenvalue weighted by Crippen LogP contribution is -2.45. The van der Waals surface area contributed by atoms with E-state index in [-0.39, 0.29) is 49.0 Å². The number of nitrogens with zero attached hydrogens (tertiary/aromatic N) is 7. The average Bonchev–Trinajstić information content (AvgIpc) is 3.52. The Kier molecular flexibility index (Phi) is 10.3. The molecule has 13 heteroatoms. The van der Waals surface area contributed by atoms with Crippen molar-refractivity contribution in [2.24, 2.45) is 22.1 Å². The molecule has 4 heterocycles. The molecule has 3 aromatic rings. The molecule has 8 nitrogen and oxygen atoms in total. The first-order valence-corrected chi connectivity index (χ1v) is 15.0. The molecule has 0 spiro atoms. The van der Waals surface area contributed by atoms with Crippen LogP contribution in [0.25, 0.3) is 11.2 Å². The zero-order valence-electron chi connectivity index (χ0n) is 26.0. The van der Waals surface area contributed by atoms with Crippen molar-refractivity contribution in [3.05, 3.63) is 76.1 Å². The summed E-state index contributed by atoms with van der Waals surface area (Å²) in [5, 5.41) is 16.4. The van der Waals surface area contributed by atoms with E-state index in [0.29, 0.717) is 5.69 Å². The third kappa shape index (κ3) is 7.49. The average molecular weight is 632 g/mol. The maximum absolute atomic E-state index is 14.0. The molecule has 0 unspecified atom stereocenters. The number of piperidine rings is 1. The van der Waals surface area contributed by atoms with E-state index >= 15 is 0 Å². The summed E-state index contributed by atoms with van der Waals surface area (Å²) in [5.74, 6) is -3.53. The summed E-state index contributed by atoms with van der Waals surface area (Å²) in [5.41, 5.74) is -0.238. The lowest BCUT2D eigenvalue weighted by atomic mass is 9.72. The van der Waals surface area contributed by atoms with Gasteiger partial charge >= 0.3 is 24.4 Å². The second-order valence-corrected chi connectivity index (χ2v) is 11.5. The van der Waals surface area contributed by atoms with Crippen LogP contribution in [0.1, 0.15) is 69.6 Å². The Bertz CT molecular complexity index is 1660. The van der Waals surface area contributed by atoms with Gasteiger partial charge in [-0.1, -0.05) is 32.9 Å². The van der Waals surface area contributed by atoms with E-state index < -0.39 is 29.3 Å². The van der Waals surface area contributed by atoms with Gasteiger partial charge in [0.15, 0.2) is 0 Å². The van der Waals surface area contributed by atoms with Gasteiger partial charge in [0, 0.05) is 57.2 Å². The Morgan fingerprint density at radius 3 is 2.42 bits per heavy atom. The van der Waals surface area contributed by atoms with Crippen LogP contribution in [0.2, 0.25) is 0 Å². The third-order valence-electron chi connectivity index (χ3n) is 8.43. The van der Waals surface area contributed by atoms with Gasteiger partial charge in [-0.05, 0) is 53.2 Å². The lowest BCUT2D eigenvalue weighted by molar-refractivity contribution is -0.471. The number of halogens is 5. The Balaban J connectivity index is 0.000000447. The Morgan fingerprint density at radius 1 is 1.16 bits per heavy atom. The van der Waals surface area contributed by atoms with E-state index in [4.69, 9.17) is 5.26 Å². The second-order valence-electron chi connectivity index (χ2n) is 11.5. The Labute approximate surface area is 259 Å². The Morgan fingerprint density at radius 2 is 1.87 bits per heavy atom. The number of hydrogen-bond acceptors (Lipinski definition) is 5. The largest absolute Gasteiger partial charge is 0.418 e. The highest BCUT2D eigenvalue weighted by Gasteiger charge is 2.41. The number of imidazole rings is 1. The number of nitriles is 1. The van der Waals surface area contributed by atoms with Crippen LogP contribution < -0.4 is 5.69 Å². The molecule has 2 aromatic heterocycles. The van der Waals surface area contributed by atoms with Crippen molar-refractivity contribution in [2.45, 2.75) is 71.5 Å². The summed E-state index contributed by atoms with van der Waals surface area (Å²) < 4.78 is 73.8. The maximum atomic E-state index is 14.0. The van der Waals surface area contributed by atoms with Gasteiger partial charge in [0.05, 0.1) is 35.0 Å². The first-order valence-electron chi connectivity index (χ1n) is 15.0. The number of fused-ring (bicyclic) bond motifs is 1. The highest BCUT2D eigenvalue weighted by atomic mass is 19.4. The molecule has 1 radical (unpaired) electrons. The van der Waals surface area contributed by atoms with Crippen molar-refractivity contribution in [3.8, 4) is 11.8 Å². The quantitative estimate of drug-likeness (QED) is 0.225. The topological polar surface area (TPSA) is 81.2 Å². The third-order valence-corrected chi connectivity index (χ3v) is 8.43. The SMILES string of the molecule is CC.C[C@H]1CN(Cc2cc(C(F)(F)F)c3cn(-c4cccc(C5CC(C#N)C5)c4)c(=O)n3c2)CCC1(F)F.C[C]1N=NC=[N+]1C. The van der Waals surface area contributed by atoms with Crippen molar-refractivity contribution >= 4 is 11.9 Å². The van der Waals surface area contributed by atoms with Crippen LogP contribution in [0.3, 0.4) is 0 Å². The first-order chi connectivity index (χ1) is 21.3. The number of pyridine rings is 1. The smallest absolute Gasteiger partial charge is 0.298 e. The van der Waals surface area contributed by atoms with Crippen molar-refractivity contribution in [1.82, 2.24) is 13.9 Å². The first kappa shape index (κ1) is 34.0. The number of alkyl halides is 5. The fraction of sp³-hybridized carbons (Fsp3) is 0.500. The summed E-state index contributed by atoms with van der Waals surface area (Å²) in [6.07, 6.45) is 1.55. The molecule has 0 N–H and O–H groups in total. The summed E-state index contributed by atoms with van der Waals surface area (Å²) in [4.78, 5) is 15.0. The second kappa shape index (κ2) is 13.6. The molecule has 0 amide bonds. The molecule has 241 valence electrons. The minimum atomic E-state index is -4.71. The molecule has 45 heavy (non-hydrogen) atoms. The molecule has 1 atom stereocenters. The molecule has 1 aromatic carbocycles. The van der Waals surface area contributed by atoms with E-state index in [1.807, 2.05) is 38.5 Å². The van der Waals surface area contributed by atoms with E-state index in [1.54, 1.807) is 29.4 Å². The van der Waals surface area contributed by atoms with Gasteiger partial charge in [-0.15, -0.1) is 0 Å². The van der Waals surface area contributed by atoms with Crippen molar-refractivity contribution in [2.75, 3.05) is 20.1 Å². The zero-order chi connectivity index (χ0) is 33.1. The molecule has 0 bridgehead atoms. The number of likely N-dealkylation sites (tertiary alicyclic amines) is 1. The monoisotopic (exact) mass is 631 g/mol. The van der Waals surface area contributed by atoms with Crippen LogP contribution in [-0.4, -0.2) is 50.8 Å². The highest BCUT2D eigenvalue weighted by Crippen LogP contribution is 2.41. The standard InChI is InChI=1S/C26H25F5N4O.C4H7N3.C2H6/c1-16-12-33(6-5-25(16,27)28)13-18-9-22(26(29,30)31)23-15-34(24(36)35(23)14-18)21-4-2-3-19(10-21)20-7-17(8-20)11-32;1-4-6-5-3-7(4)2;1-2/h2-4,9-10,14-17,20H,5-8,12-13H2,1H3;3H,1-2H3;1-2H3/q;+1;/t16-,17?,20?;;/m0../s1. The van der Waals surface area contributed by atoms with Crippen LogP contribution in [0.5, 0.6) is 0 Å². The summed E-state index contributed by atoms with van der Waals surface area (Å²) in [7, 11) is 1.91. The molecule has 3 aliphatic rings. The van der Waals surface area contributed by atoms with Crippen molar-refractivity contribution < 1.29 is 26.5 Å². The molecule has 2 aliphatic heterocycles. The van der Waals surface area contributed by atoms with Gasteiger partial charge in [-0.2, -0.15) is 18.4 Å². The molecule has 6 rings (SSSR count). The molecule has 1 aliphatic carbocycles. The zero-order valence-corrected chi connectivity index (χ0v) is 26.0. The van der Waals surface area contributed by atoms with Crippen LogP contribution in [0, 0.1) is 29.3 Å². The maximum Gasteiger partial charge on any atom is 0.418 e. The number of azo groups is 1. The van der Waals surface area contributed by atoms with Crippen molar-refractivity contribution in [1.29, 1.82) is 5.26 Å². The fourth-order valence-electron chi connectivity index (χ4n) is 5.58. The molecule has 2 fully saturated rings. The summed E-state index contributed by atoms with van der Waals surface area (Å²) in [6, 6.07) is 10.3. The normalized spacial score (nSPS) is 22.9. The van der Waals surface area contributed by atoms with Gasteiger partial charge in [0.2, 0.25) is 0 Å². The minimum Gasteiger partial charge on any atom is -0.298 e. The molecular weight excluding hydrogens is 593 g/mol. The van der Waals surface area contributed by atoms with Crippen LogP contribution in [0.15, 0.2) is 57.7 Å². The summed E-state index contributed by atoms with van der Waals surface area (Å²) in [6.45, 7) is 7.50. The van der Waals surface area contributed by atoms with E-state index in [2.05, 4.69) is 16.3 Å². The van der Waals surface area contributed by atoms with E-state index in [9.17, 15) is 26.7 Å². The fourth-order valence-corrected chi connectivity index (χ4v) is 5.58. The number of benzene rings is 1. The van der Waals surface area contributed by atoms with Gasteiger partial charge in [0.25, 0.3) is 5.92 Å². The predicted octanol–water partition coefficient (Wildman–Crippen LogP) is 7.26. The van der Waals surface area contributed by atoms with Gasteiger partial charge in [0.1, 0.15) is 0 Å². The number of rotatable bonds is 4. The number of hydrogen-bond donors (Lipinski definition) is 0. The highest BCUT2D eigenvalue weighted by molar-refractivity contribution is 5.58. The van der Waals surface area contributed by atoms with E-state index in [0.717, 1.165) is 35.0 Å². The predicted molar refractivity (Wildman–Crippen MR) is 160 cm³/mol. The molecular formula is C32H38F5N7O+. The van der Waals surface area contributed by atoms with Gasteiger partial charge in [-0.25, -0.2) is 18.2 Å². The van der Waals surface area contributed by atoms with Gasteiger partial charge in [-0.3, -0.25) is 13.9 Å². The van der Waals surface area contributed by atoms with Gasteiger partial charge < -0.3 is 0 Å².